The van der Waals surface area contributed by atoms with Crippen LogP contribution in [-0.2, 0) is 0 Å². The van der Waals surface area contributed by atoms with E-state index < -0.39 is 5.92 Å². The molecule has 2 aliphatic rings. The van der Waals surface area contributed by atoms with E-state index in [1.165, 1.54) is 0 Å². The Bertz CT molecular complexity index is 444. The van der Waals surface area contributed by atoms with E-state index in [1.54, 1.807) is 6.21 Å². The fourth-order valence-corrected chi connectivity index (χ4v) is 3.36. The largest absolute Gasteiger partial charge is 0.366 e. The molecule has 0 spiro atoms. The van der Waals surface area contributed by atoms with Gasteiger partial charge in [0.05, 0.1) is 5.70 Å². The molecule has 1 aliphatic heterocycles. The standard InChI is InChI=1S/C17H28F2N4/c1-3-10-21-13(2)16(20)22-14-4-6-15(7-5-14)23-11-8-17(18,19)9-12-23/h10,14-15H,2-9,11-12H2,1H3,(H2,20,22)/b21-10+. The van der Waals surface area contributed by atoms with Crippen LogP contribution in [-0.4, -0.2) is 48.0 Å². The van der Waals surface area contributed by atoms with Gasteiger partial charge in [0.25, 0.3) is 5.92 Å². The van der Waals surface area contributed by atoms with Crippen LogP contribution in [0.3, 0.4) is 0 Å². The highest BCUT2D eigenvalue weighted by Crippen LogP contribution is 2.32. The van der Waals surface area contributed by atoms with Crippen molar-refractivity contribution in [2.24, 2.45) is 4.99 Å². The molecule has 4 nitrogen and oxygen atoms in total. The quantitative estimate of drug-likeness (QED) is 0.599. The Kier molecular flexibility index (Phi) is 6.27. The summed E-state index contributed by atoms with van der Waals surface area (Å²) in [6, 6.07) is 0.679. The molecule has 0 radical (unpaired) electrons. The third kappa shape index (κ3) is 5.37. The van der Waals surface area contributed by atoms with Gasteiger partial charge in [-0.05, 0) is 32.1 Å². The molecule has 0 bridgehead atoms. The Morgan fingerprint density at radius 2 is 1.91 bits per heavy atom. The van der Waals surface area contributed by atoms with Gasteiger partial charge < -0.3 is 5.32 Å². The number of rotatable bonds is 5. The Hall–Kier alpha value is -1.30. The number of amidine groups is 1. The summed E-state index contributed by atoms with van der Waals surface area (Å²) in [5, 5.41) is 11.2. The topological polar surface area (TPSA) is 51.5 Å². The van der Waals surface area contributed by atoms with Gasteiger partial charge in [-0.1, -0.05) is 13.5 Å². The van der Waals surface area contributed by atoms with Gasteiger partial charge in [0.1, 0.15) is 5.84 Å². The molecule has 2 N–H and O–H groups in total. The second kappa shape index (κ2) is 7.99. The maximum Gasteiger partial charge on any atom is 0.250 e. The van der Waals surface area contributed by atoms with Crippen LogP contribution in [0.1, 0.15) is 51.9 Å². The van der Waals surface area contributed by atoms with Crippen LogP contribution in [0.25, 0.3) is 0 Å². The highest BCUT2D eigenvalue weighted by Gasteiger charge is 2.37. The van der Waals surface area contributed by atoms with Gasteiger partial charge in [0.2, 0.25) is 0 Å². The predicted octanol–water partition coefficient (Wildman–Crippen LogP) is 3.59. The first-order valence-corrected chi connectivity index (χ1v) is 8.60. The molecule has 0 aromatic rings. The second-order valence-corrected chi connectivity index (χ2v) is 6.58. The lowest BCUT2D eigenvalue weighted by molar-refractivity contribution is -0.0660. The Balaban J connectivity index is 1.73. The second-order valence-electron chi connectivity index (χ2n) is 6.58. The van der Waals surface area contributed by atoms with E-state index in [0.29, 0.717) is 24.8 Å². The van der Waals surface area contributed by atoms with Gasteiger partial charge in [-0.15, -0.1) is 0 Å². The predicted molar refractivity (Wildman–Crippen MR) is 90.6 cm³/mol. The number of halogens is 2. The lowest BCUT2D eigenvalue weighted by Crippen LogP contribution is -2.48. The van der Waals surface area contributed by atoms with Crippen molar-refractivity contribution in [1.82, 2.24) is 10.2 Å². The number of likely N-dealkylation sites (tertiary alicyclic amines) is 1. The molecule has 1 saturated carbocycles. The van der Waals surface area contributed by atoms with E-state index in [0.717, 1.165) is 32.1 Å². The highest BCUT2D eigenvalue weighted by atomic mass is 19.3. The minimum Gasteiger partial charge on any atom is -0.366 e. The Labute approximate surface area is 137 Å². The average molecular weight is 326 g/mol. The first kappa shape index (κ1) is 18.0. The molecule has 1 heterocycles. The van der Waals surface area contributed by atoms with Crippen LogP contribution in [0, 0.1) is 5.41 Å². The average Bonchev–Trinajstić information content (AvgIpc) is 2.53. The number of hydrogen-bond acceptors (Lipinski definition) is 3. The molecule has 0 aromatic heterocycles. The zero-order chi connectivity index (χ0) is 16.9. The summed E-state index contributed by atoms with van der Waals surface area (Å²) < 4.78 is 26.5. The van der Waals surface area contributed by atoms with Gasteiger partial charge in [0, 0.05) is 44.2 Å². The zero-order valence-corrected chi connectivity index (χ0v) is 14.0. The van der Waals surface area contributed by atoms with Gasteiger partial charge in [-0.2, -0.15) is 0 Å². The highest BCUT2D eigenvalue weighted by molar-refractivity contribution is 5.96. The third-order valence-corrected chi connectivity index (χ3v) is 4.81. The minimum absolute atomic E-state index is 0.00885. The van der Waals surface area contributed by atoms with Crippen molar-refractivity contribution in [3.05, 3.63) is 12.3 Å². The Morgan fingerprint density at radius 3 is 2.48 bits per heavy atom. The lowest BCUT2D eigenvalue weighted by atomic mass is 9.88. The first-order chi connectivity index (χ1) is 10.9. The van der Waals surface area contributed by atoms with Crippen LogP contribution < -0.4 is 5.32 Å². The molecule has 1 aliphatic carbocycles. The van der Waals surface area contributed by atoms with Crippen molar-refractivity contribution in [2.45, 2.75) is 69.9 Å². The van der Waals surface area contributed by atoms with Crippen LogP contribution in [0.2, 0.25) is 0 Å². The van der Waals surface area contributed by atoms with Crippen LogP contribution in [0.5, 0.6) is 0 Å². The van der Waals surface area contributed by atoms with Gasteiger partial charge in [0.15, 0.2) is 0 Å². The molecule has 6 heteroatoms. The van der Waals surface area contributed by atoms with Crippen LogP contribution in [0.4, 0.5) is 8.78 Å². The minimum atomic E-state index is -2.47. The summed E-state index contributed by atoms with van der Waals surface area (Å²) >= 11 is 0. The van der Waals surface area contributed by atoms with E-state index in [9.17, 15) is 8.78 Å². The summed E-state index contributed by atoms with van der Waals surface area (Å²) in [6.45, 7) is 6.80. The van der Waals surface area contributed by atoms with Crippen molar-refractivity contribution >= 4 is 12.1 Å². The fourth-order valence-electron chi connectivity index (χ4n) is 3.36. The smallest absolute Gasteiger partial charge is 0.250 e. The molecule has 2 rings (SSSR count). The molecule has 130 valence electrons. The summed E-state index contributed by atoms with van der Waals surface area (Å²) in [4.78, 5) is 6.35. The van der Waals surface area contributed by atoms with E-state index in [2.05, 4.69) is 21.8 Å². The normalized spacial score (nSPS) is 28.7. The van der Waals surface area contributed by atoms with Gasteiger partial charge in [-0.25, -0.2) is 8.78 Å². The number of alkyl halides is 2. The fraction of sp³-hybridized carbons (Fsp3) is 0.765. The molecule has 0 unspecified atom stereocenters. The molecule has 23 heavy (non-hydrogen) atoms. The van der Waals surface area contributed by atoms with Crippen LogP contribution >= 0.6 is 0 Å². The zero-order valence-electron chi connectivity index (χ0n) is 14.0. The Morgan fingerprint density at radius 1 is 1.30 bits per heavy atom. The maximum atomic E-state index is 13.2. The first-order valence-electron chi connectivity index (χ1n) is 8.60. The number of nitrogens with one attached hydrogen (secondary N) is 2. The molecular formula is C17H28F2N4. The SMILES string of the molecule is C=C(/N=C/CC)C(=N)NC1CCC(N2CCC(F)(F)CC2)CC1. The van der Waals surface area contributed by atoms with E-state index in [1.807, 2.05) is 6.92 Å². The van der Waals surface area contributed by atoms with Crippen molar-refractivity contribution in [1.29, 1.82) is 5.41 Å². The van der Waals surface area contributed by atoms with Crippen LogP contribution in [0.15, 0.2) is 17.3 Å². The summed E-state index contributed by atoms with van der Waals surface area (Å²) in [5.74, 6) is -2.18. The summed E-state index contributed by atoms with van der Waals surface area (Å²) in [7, 11) is 0. The van der Waals surface area contributed by atoms with Crippen molar-refractivity contribution in [3.63, 3.8) is 0 Å². The van der Waals surface area contributed by atoms with E-state index in [-0.39, 0.29) is 24.7 Å². The lowest BCUT2D eigenvalue weighted by Gasteiger charge is -2.41. The van der Waals surface area contributed by atoms with E-state index in [4.69, 9.17) is 5.41 Å². The summed E-state index contributed by atoms with van der Waals surface area (Å²) in [5.41, 5.74) is 0.465. The van der Waals surface area contributed by atoms with E-state index >= 15 is 0 Å². The molecule has 0 aromatic carbocycles. The van der Waals surface area contributed by atoms with Crippen molar-refractivity contribution in [3.8, 4) is 0 Å². The number of nitrogens with zero attached hydrogens (tertiary/aromatic N) is 2. The maximum absolute atomic E-state index is 13.2. The number of piperidine rings is 1. The van der Waals surface area contributed by atoms with Crippen molar-refractivity contribution in [2.75, 3.05) is 13.1 Å². The summed E-state index contributed by atoms with van der Waals surface area (Å²) in [6.07, 6.45) is 6.49. The number of hydrogen-bond donors (Lipinski definition) is 2. The molecule has 0 amide bonds. The molecule has 0 atom stereocenters. The van der Waals surface area contributed by atoms with Gasteiger partial charge in [-0.3, -0.25) is 15.3 Å². The molecule has 2 fully saturated rings. The third-order valence-electron chi connectivity index (χ3n) is 4.81. The molecular weight excluding hydrogens is 298 g/mol. The monoisotopic (exact) mass is 326 g/mol. The molecule has 1 saturated heterocycles. The van der Waals surface area contributed by atoms with Gasteiger partial charge >= 0.3 is 0 Å². The van der Waals surface area contributed by atoms with Crippen molar-refractivity contribution < 1.29 is 8.78 Å². The number of aliphatic imine (C=N–C) groups is 1.